The van der Waals surface area contributed by atoms with E-state index < -0.39 is 4.92 Å². The molecule has 1 aliphatic heterocycles. The molecule has 0 aromatic heterocycles. The highest BCUT2D eigenvalue weighted by molar-refractivity contribution is 7.99. The fourth-order valence-electron chi connectivity index (χ4n) is 3.20. The predicted octanol–water partition coefficient (Wildman–Crippen LogP) is 1.97. The van der Waals surface area contributed by atoms with Gasteiger partial charge >= 0.3 is 5.69 Å². The summed E-state index contributed by atoms with van der Waals surface area (Å²) < 4.78 is 10.4. The van der Waals surface area contributed by atoms with Gasteiger partial charge in [-0.25, -0.2) is 0 Å². The standard InChI is InChI=1S/C18H27N3O5S/c1-25-13-18(5-7-19-8-6-18)12-20-17(22)11-27-10-14-3-4-16(26-2)15(9-14)21(23)24/h3-4,9,19H,5-8,10-13H2,1-2H3,(H,20,22). The summed E-state index contributed by atoms with van der Waals surface area (Å²) in [5.41, 5.74) is 0.721. The number of amides is 1. The maximum atomic E-state index is 12.2. The van der Waals surface area contributed by atoms with Gasteiger partial charge < -0.3 is 20.1 Å². The molecule has 150 valence electrons. The summed E-state index contributed by atoms with van der Waals surface area (Å²) in [6.07, 6.45) is 1.95. The Morgan fingerprint density at radius 1 is 1.37 bits per heavy atom. The minimum absolute atomic E-state index is 0.00305. The van der Waals surface area contributed by atoms with E-state index in [1.807, 2.05) is 0 Å². The molecule has 0 saturated carbocycles. The second-order valence-electron chi connectivity index (χ2n) is 6.72. The molecule has 1 aliphatic rings. The first-order chi connectivity index (χ1) is 13.0. The number of rotatable bonds is 10. The van der Waals surface area contributed by atoms with Gasteiger partial charge in [0.2, 0.25) is 5.91 Å². The van der Waals surface area contributed by atoms with Gasteiger partial charge in [0, 0.05) is 30.9 Å². The molecule has 0 atom stereocenters. The Kier molecular flexibility index (Phi) is 8.33. The zero-order valence-electron chi connectivity index (χ0n) is 15.8. The van der Waals surface area contributed by atoms with Crippen LogP contribution in [0.2, 0.25) is 0 Å². The first kappa shape index (κ1) is 21.5. The predicted molar refractivity (Wildman–Crippen MR) is 105 cm³/mol. The van der Waals surface area contributed by atoms with E-state index in [-0.39, 0.29) is 22.8 Å². The Hall–Kier alpha value is -1.84. The van der Waals surface area contributed by atoms with Crippen LogP contribution in [0.4, 0.5) is 5.69 Å². The lowest BCUT2D eigenvalue weighted by Crippen LogP contribution is -2.47. The van der Waals surface area contributed by atoms with Gasteiger partial charge in [-0.3, -0.25) is 14.9 Å². The van der Waals surface area contributed by atoms with Gasteiger partial charge in [0.15, 0.2) is 5.75 Å². The molecule has 0 spiro atoms. The number of nitrogens with zero attached hydrogens (tertiary/aromatic N) is 1. The monoisotopic (exact) mass is 397 g/mol. The topological polar surface area (TPSA) is 103 Å². The van der Waals surface area contributed by atoms with Crippen molar-refractivity contribution < 1.29 is 19.2 Å². The van der Waals surface area contributed by atoms with Gasteiger partial charge in [-0.1, -0.05) is 6.07 Å². The third-order valence-electron chi connectivity index (χ3n) is 4.72. The summed E-state index contributed by atoms with van der Waals surface area (Å²) in [5.74, 6) is 1.03. The minimum Gasteiger partial charge on any atom is -0.490 e. The van der Waals surface area contributed by atoms with Crippen molar-refractivity contribution in [1.29, 1.82) is 0 Å². The highest BCUT2D eigenvalue weighted by Crippen LogP contribution is 2.29. The van der Waals surface area contributed by atoms with Crippen LogP contribution < -0.4 is 15.4 Å². The van der Waals surface area contributed by atoms with Crippen LogP contribution in [0.15, 0.2) is 18.2 Å². The largest absolute Gasteiger partial charge is 0.490 e. The van der Waals surface area contributed by atoms with Crippen LogP contribution in [0.1, 0.15) is 18.4 Å². The number of nitrogens with one attached hydrogen (secondary N) is 2. The third kappa shape index (κ3) is 6.37. The maximum Gasteiger partial charge on any atom is 0.311 e. The SMILES string of the molecule is COCC1(CNC(=O)CSCc2ccc(OC)c([N+](=O)[O-])c2)CCNCC1. The van der Waals surface area contributed by atoms with Crippen molar-refractivity contribution in [1.82, 2.24) is 10.6 Å². The van der Waals surface area contributed by atoms with E-state index >= 15 is 0 Å². The number of carbonyl (C=O) groups is 1. The molecule has 0 radical (unpaired) electrons. The molecule has 1 fully saturated rings. The van der Waals surface area contributed by atoms with Gasteiger partial charge in [0.25, 0.3) is 0 Å². The van der Waals surface area contributed by atoms with Crippen molar-refractivity contribution in [2.24, 2.45) is 5.41 Å². The van der Waals surface area contributed by atoms with Crippen molar-refractivity contribution in [2.45, 2.75) is 18.6 Å². The van der Waals surface area contributed by atoms with E-state index in [2.05, 4.69) is 10.6 Å². The van der Waals surface area contributed by atoms with Gasteiger partial charge in [-0.2, -0.15) is 0 Å². The molecule has 1 aromatic rings. The van der Waals surface area contributed by atoms with E-state index in [1.54, 1.807) is 19.2 Å². The van der Waals surface area contributed by atoms with Crippen molar-refractivity contribution in [3.05, 3.63) is 33.9 Å². The summed E-state index contributed by atoms with van der Waals surface area (Å²) in [6.45, 7) is 3.11. The molecule has 0 unspecified atom stereocenters. The molecule has 9 heteroatoms. The number of ether oxygens (including phenoxy) is 2. The van der Waals surface area contributed by atoms with E-state index in [0.29, 0.717) is 24.7 Å². The zero-order chi connectivity index (χ0) is 19.7. The molecular weight excluding hydrogens is 370 g/mol. The van der Waals surface area contributed by atoms with Crippen LogP contribution in [0.5, 0.6) is 5.75 Å². The van der Waals surface area contributed by atoms with Gasteiger partial charge in [0.05, 0.1) is 24.4 Å². The number of piperidine rings is 1. The highest BCUT2D eigenvalue weighted by Gasteiger charge is 2.32. The van der Waals surface area contributed by atoms with E-state index in [0.717, 1.165) is 31.5 Å². The number of hydrogen-bond acceptors (Lipinski definition) is 7. The first-order valence-electron chi connectivity index (χ1n) is 8.85. The second kappa shape index (κ2) is 10.5. The van der Waals surface area contributed by atoms with E-state index in [1.165, 1.54) is 24.9 Å². The molecule has 1 heterocycles. The van der Waals surface area contributed by atoms with Crippen molar-refractivity contribution in [3.63, 3.8) is 0 Å². The van der Waals surface area contributed by atoms with Gasteiger partial charge in [0.1, 0.15) is 0 Å². The molecule has 1 amide bonds. The number of nitro groups is 1. The minimum atomic E-state index is -0.464. The number of thioether (sulfide) groups is 1. The lowest BCUT2D eigenvalue weighted by atomic mass is 9.79. The zero-order valence-corrected chi connectivity index (χ0v) is 16.6. The Labute approximate surface area is 163 Å². The normalized spacial score (nSPS) is 15.9. The number of carbonyl (C=O) groups excluding carboxylic acids is 1. The van der Waals surface area contributed by atoms with Crippen LogP contribution in [-0.4, -0.2) is 57.0 Å². The number of nitro benzene ring substituents is 1. The van der Waals surface area contributed by atoms with E-state index in [9.17, 15) is 14.9 Å². The van der Waals surface area contributed by atoms with Gasteiger partial charge in [-0.15, -0.1) is 11.8 Å². The number of methoxy groups -OCH3 is 2. The fraction of sp³-hybridized carbons (Fsp3) is 0.611. The molecule has 2 rings (SSSR count). The number of benzene rings is 1. The lowest BCUT2D eigenvalue weighted by molar-refractivity contribution is -0.385. The average Bonchev–Trinajstić information content (AvgIpc) is 2.67. The summed E-state index contributed by atoms with van der Waals surface area (Å²) in [5, 5.41) is 17.4. The fourth-order valence-corrected chi connectivity index (χ4v) is 4.01. The van der Waals surface area contributed by atoms with Gasteiger partial charge in [-0.05, 0) is 37.6 Å². The van der Waals surface area contributed by atoms with E-state index in [4.69, 9.17) is 9.47 Å². The second-order valence-corrected chi connectivity index (χ2v) is 7.70. The molecule has 1 aromatic carbocycles. The van der Waals surface area contributed by atoms with Crippen LogP contribution >= 0.6 is 11.8 Å². The quantitative estimate of drug-likeness (QED) is 0.460. The molecule has 8 nitrogen and oxygen atoms in total. The molecule has 0 aliphatic carbocycles. The van der Waals surface area contributed by atoms with Crippen LogP contribution in [-0.2, 0) is 15.3 Å². The highest BCUT2D eigenvalue weighted by atomic mass is 32.2. The maximum absolute atomic E-state index is 12.2. The molecule has 2 N–H and O–H groups in total. The van der Waals surface area contributed by atoms with Crippen molar-refractivity contribution >= 4 is 23.4 Å². The Morgan fingerprint density at radius 2 is 2.11 bits per heavy atom. The summed E-state index contributed by atoms with van der Waals surface area (Å²) in [4.78, 5) is 22.8. The Morgan fingerprint density at radius 3 is 2.74 bits per heavy atom. The Bertz CT molecular complexity index is 644. The Balaban J connectivity index is 1.80. The molecular formula is C18H27N3O5S. The van der Waals surface area contributed by atoms with Crippen LogP contribution in [0.3, 0.4) is 0 Å². The lowest BCUT2D eigenvalue weighted by Gasteiger charge is -2.37. The van der Waals surface area contributed by atoms with Crippen molar-refractivity contribution in [2.75, 3.05) is 46.2 Å². The average molecular weight is 397 g/mol. The van der Waals surface area contributed by atoms with Crippen LogP contribution in [0, 0.1) is 15.5 Å². The summed E-state index contributed by atoms with van der Waals surface area (Å²) in [6, 6.07) is 4.85. The molecule has 0 bridgehead atoms. The first-order valence-corrected chi connectivity index (χ1v) is 10.0. The third-order valence-corrected chi connectivity index (χ3v) is 5.72. The smallest absolute Gasteiger partial charge is 0.311 e. The molecule has 1 saturated heterocycles. The summed E-state index contributed by atoms with van der Waals surface area (Å²) >= 11 is 1.43. The summed E-state index contributed by atoms with van der Waals surface area (Å²) in [7, 11) is 3.09. The van der Waals surface area contributed by atoms with Crippen molar-refractivity contribution in [3.8, 4) is 5.75 Å². The number of hydrogen-bond donors (Lipinski definition) is 2. The molecule has 27 heavy (non-hydrogen) atoms. The van der Waals surface area contributed by atoms with Crippen LogP contribution in [0.25, 0.3) is 0 Å².